The van der Waals surface area contributed by atoms with Crippen LogP contribution in [0.15, 0.2) is 42.6 Å². The van der Waals surface area contributed by atoms with E-state index >= 15 is 0 Å². The summed E-state index contributed by atoms with van der Waals surface area (Å²) < 4.78 is 38.6. The molecule has 1 aromatic carbocycles. The van der Waals surface area contributed by atoms with Crippen LogP contribution in [0.1, 0.15) is 16.8 Å². The van der Waals surface area contributed by atoms with Gasteiger partial charge in [-0.25, -0.2) is 13.8 Å². The minimum Gasteiger partial charge on any atom is -0.470 e. The summed E-state index contributed by atoms with van der Waals surface area (Å²) in [6.45, 7) is 0.675. The SMILES string of the molecule is O=C(N[C@@H]1CCOC[C@H]1Oc1ccccn1)c1c(F)cccc1F. The highest BCUT2D eigenvalue weighted by Gasteiger charge is 2.31. The third-order valence-electron chi connectivity index (χ3n) is 3.72. The number of hydrogen-bond donors (Lipinski definition) is 1. The van der Waals surface area contributed by atoms with Gasteiger partial charge in [0, 0.05) is 18.9 Å². The Kier molecular flexibility index (Phi) is 5.00. The van der Waals surface area contributed by atoms with Crippen LogP contribution in [0.3, 0.4) is 0 Å². The van der Waals surface area contributed by atoms with Crippen molar-refractivity contribution in [3.05, 3.63) is 59.8 Å². The summed E-state index contributed by atoms with van der Waals surface area (Å²) >= 11 is 0. The van der Waals surface area contributed by atoms with E-state index in [1.807, 2.05) is 0 Å². The van der Waals surface area contributed by atoms with Crippen LogP contribution in [0.4, 0.5) is 8.78 Å². The molecule has 0 unspecified atom stereocenters. The summed E-state index contributed by atoms with van der Waals surface area (Å²) in [6.07, 6.45) is 1.56. The molecule has 1 aliphatic heterocycles. The van der Waals surface area contributed by atoms with Crippen LogP contribution < -0.4 is 10.1 Å². The molecule has 0 aliphatic carbocycles. The number of nitrogens with one attached hydrogen (secondary N) is 1. The molecule has 5 nitrogen and oxygen atoms in total. The van der Waals surface area contributed by atoms with Crippen LogP contribution in [-0.2, 0) is 4.74 Å². The fourth-order valence-corrected chi connectivity index (χ4v) is 2.52. The fraction of sp³-hybridized carbons (Fsp3) is 0.294. The number of halogens is 2. The molecule has 2 heterocycles. The molecular weight excluding hydrogens is 318 g/mol. The van der Waals surface area contributed by atoms with Gasteiger partial charge in [-0.05, 0) is 24.6 Å². The zero-order chi connectivity index (χ0) is 16.9. The quantitative estimate of drug-likeness (QED) is 0.932. The van der Waals surface area contributed by atoms with Crippen molar-refractivity contribution in [1.29, 1.82) is 0 Å². The molecular formula is C17H16F2N2O3. The van der Waals surface area contributed by atoms with Gasteiger partial charge in [0.15, 0.2) is 0 Å². The lowest BCUT2D eigenvalue weighted by Crippen LogP contribution is -2.51. The molecule has 2 aromatic rings. The molecule has 0 spiro atoms. The topological polar surface area (TPSA) is 60.5 Å². The van der Waals surface area contributed by atoms with Crippen molar-refractivity contribution in [2.75, 3.05) is 13.2 Å². The molecule has 1 saturated heterocycles. The first-order valence-corrected chi connectivity index (χ1v) is 7.55. The van der Waals surface area contributed by atoms with Crippen molar-refractivity contribution in [2.45, 2.75) is 18.6 Å². The Morgan fingerprint density at radius 3 is 2.71 bits per heavy atom. The molecule has 1 amide bonds. The van der Waals surface area contributed by atoms with Crippen LogP contribution in [0.25, 0.3) is 0 Å². The number of carbonyl (C=O) groups is 1. The highest BCUT2D eigenvalue weighted by Crippen LogP contribution is 2.17. The van der Waals surface area contributed by atoms with Gasteiger partial charge in [0.1, 0.15) is 23.3 Å². The Morgan fingerprint density at radius 2 is 2.00 bits per heavy atom. The van der Waals surface area contributed by atoms with E-state index in [4.69, 9.17) is 9.47 Å². The van der Waals surface area contributed by atoms with E-state index in [9.17, 15) is 13.6 Å². The van der Waals surface area contributed by atoms with Crippen molar-refractivity contribution >= 4 is 5.91 Å². The summed E-state index contributed by atoms with van der Waals surface area (Å²) in [5, 5.41) is 2.64. The lowest BCUT2D eigenvalue weighted by molar-refractivity contribution is -0.0153. The van der Waals surface area contributed by atoms with Gasteiger partial charge in [0.2, 0.25) is 5.88 Å². The highest BCUT2D eigenvalue weighted by atomic mass is 19.1. The number of amides is 1. The predicted octanol–water partition coefficient (Wildman–Crippen LogP) is 2.33. The van der Waals surface area contributed by atoms with E-state index in [-0.39, 0.29) is 6.61 Å². The first-order chi connectivity index (χ1) is 11.6. The van der Waals surface area contributed by atoms with Gasteiger partial charge in [-0.1, -0.05) is 12.1 Å². The third kappa shape index (κ3) is 3.68. The summed E-state index contributed by atoms with van der Waals surface area (Å²) in [7, 11) is 0. The number of rotatable bonds is 4. The predicted molar refractivity (Wildman–Crippen MR) is 81.7 cm³/mol. The van der Waals surface area contributed by atoms with Crippen LogP contribution in [-0.4, -0.2) is 36.3 Å². The first kappa shape index (κ1) is 16.3. The van der Waals surface area contributed by atoms with E-state index < -0.39 is 35.3 Å². The number of pyridine rings is 1. The molecule has 126 valence electrons. The van der Waals surface area contributed by atoms with Crippen LogP contribution >= 0.6 is 0 Å². The fourth-order valence-electron chi connectivity index (χ4n) is 2.52. The van der Waals surface area contributed by atoms with Crippen molar-refractivity contribution in [2.24, 2.45) is 0 Å². The second-order valence-corrected chi connectivity index (χ2v) is 5.36. The Labute approximate surface area is 137 Å². The van der Waals surface area contributed by atoms with Crippen molar-refractivity contribution in [3.8, 4) is 5.88 Å². The Bertz CT molecular complexity index is 692. The van der Waals surface area contributed by atoms with Gasteiger partial charge in [0.25, 0.3) is 5.91 Å². The van der Waals surface area contributed by atoms with Gasteiger partial charge in [0.05, 0.1) is 12.6 Å². The third-order valence-corrected chi connectivity index (χ3v) is 3.72. The van der Waals surface area contributed by atoms with Crippen LogP contribution in [0.2, 0.25) is 0 Å². The van der Waals surface area contributed by atoms with Crippen LogP contribution in [0.5, 0.6) is 5.88 Å². The second kappa shape index (κ2) is 7.35. The van der Waals surface area contributed by atoms with E-state index in [2.05, 4.69) is 10.3 Å². The molecule has 1 aliphatic rings. The maximum Gasteiger partial charge on any atom is 0.257 e. The van der Waals surface area contributed by atoms with Crippen molar-refractivity contribution < 1.29 is 23.0 Å². The number of benzene rings is 1. The Hall–Kier alpha value is -2.54. The maximum atomic E-state index is 13.7. The number of hydrogen-bond acceptors (Lipinski definition) is 4. The molecule has 1 N–H and O–H groups in total. The number of aromatic nitrogens is 1. The average Bonchev–Trinajstić information content (AvgIpc) is 2.57. The number of carbonyl (C=O) groups excluding carboxylic acids is 1. The van der Waals surface area contributed by atoms with E-state index in [0.717, 1.165) is 12.1 Å². The smallest absolute Gasteiger partial charge is 0.257 e. The van der Waals surface area contributed by atoms with Gasteiger partial charge in [-0.2, -0.15) is 0 Å². The molecule has 0 saturated carbocycles. The standard InChI is InChI=1S/C17H16F2N2O3/c18-11-4-3-5-12(19)16(11)17(22)21-13-7-9-23-10-14(13)24-15-6-1-2-8-20-15/h1-6,8,13-14H,7,9-10H2,(H,21,22)/t13-,14-/m1/s1. The molecule has 3 rings (SSSR count). The van der Waals surface area contributed by atoms with Gasteiger partial charge >= 0.3 is 0 Å². The summed E-state index contributed by atoms with van der Waals surface area (Å²) in [5.41, 5.74) is -0.597. The van der Waals surface area contributed by atoms with Gasteiger partial charge in [-0.3, -0.25) is 4.79 Å². The lowest BCUT2D eigenvalue weighted by atomic mass is 10.0. The molecule has 2 atom stereocenters. The number of nitrogens with zero attached hydrogens (tertiary/aromatic N) is 1. The van der Waals surface area contributed by atoms with Gasteiger partial charge < -0.3 is 14.8 Å². The summed E-state index contributed by atoms with van der Waals surface area (Å²) in [4.78, 5) is 16.3. The zero-order valence-corrected chi connectivity index (χ0v) is 12.7. The van der Waals surface area contributed by atoms with E-state index in [1.165, 1.54) is 6.07 Å². The molecule has 0 bridgehead atoms. The molecule has 0 radical (unpaired) electrons. The molecule has 1 fully saturated rings. The van der Waals surface area contributed by atoms with Gasteiger partial charge in [-0.15, -0.1) is 0 Å². The zero-order valence-electron chi connectivity index (χ0n) is 12.7. The lowest BCUT2D eigenvalue weighted by Gasteiger charge is -2.32. The summed E-state index contributed by atoms with van der Waals surface area (Å²) in [6, 6.07) is 8.08. The van der Waals surface area contributed by atoms with E-state index in [1.54, 1.807) is 24.4 Å². The molecule has 24 heavy (non-hydrogen) atoms. The maximum absolute atomic E-state index is 13.7. The second-order valence-electron chi connectivity index (χ2n) is 5.36. The minimum absolute atomic E-state index is 0.251. The Balaban J connectivity index is 1.73. The largest absolute Gasteiger partial charge is 0.470 e. The average molecular weight is 334 g/mol. The van der Waals surface area contributed by atoms with Crippen LogP contribution in [0, 0.1) is 11.6 Å². The molecule has 7 heteroatoms. The summed E-state index contributed by atoms with van der Waals surface area (Å²) in [5.74, 6) is -2.22. The van der Waals surface area contributed by atoms with Crippen molar-refractivity contribution in [1.82, 2.24) is 10.3 Å². The minimum atomic E-state index is -0.901. The number of ether oxygens (including phenoxy) is 2. The monoisotopic (exact) mass is 334 g/mol. The first-order valence-electron chi connectivity index (χ1n) is 7.55. The highest BCUT2D eigenvalue weighted by molar-refractivity contribution is 5.95. The Morgan fingerprint density at radius 1 is 1.21 bits per heavy atom. The van der Waals surface area contributed by atoms with Crippen molar-refractivity contribution in [3.63, 3.8) is 0 Å². The molecule has 1 aromatic heterocycles. The van der Waals surface area contributed by atoms with E-state index in [0.29, 0.717) is 18.9 Å². The normalized spacial score (nSPS) is 20.4.